The Hall–Kier alpha value is -3.27. The van der Waals surface area contributed by atoms with Crippen LogP contribution in [0.1, 0.15) is 0 Å². The predicted molar refractivity (Wildman–Crippen MR) is 88.7 cm³/mol. The smallest absolute Gasteiger partial charge is 0.266 e. The van der Waals surface area contributed by atoms with Gasteiger partial charge in [-0.05, 0) is 24.3 Å². The average molecular weight is 339 g/mol. The zero-order chi connectivity index (χ0) is 16.7. The van der Waals surface area contributed by atoms with Crippen LogP contribution in [0, 0.1) is 0 Å². The van der Waals surface area contributed by atoms with Gasteiger partial charge in [0.05, 0.1) is 18.1 Å². The van der Waals surface area contributed by atoms with E-state index in [0.717, 1.165) is 16.6 Å². The topological polar surface area (TPSA) is 100 Å². The van der Waals surface area contributed by atoms with Gasteiger partial charge in [-0.15, -0.1) is 0 Å². The number of hydrogen-bond donors (Lipinski definition) is 1. The number of rotatable bonds is 2. The molecule has 0 bridgehead atoms. The minimum atomic E-state index is -0.697. The molecule has 0 amide bonds. The van der Waals surface area contributed by atoms with E-state index in [2.05, 4.69) is 33.0 Å². The fourth-order valence-corrected chi connectivity index (χ4v) is 2.33. The number of aromatic nitrogens is 7. The summed E-state index contributed by atoms with van der Waals surface area (Å²) in [5, 5.41) is 8.21. The van der Waals surface area contributed by atoms with Gasteiger partial charge in [-0.1, -0.05) is 12.8 Å². The van der Waals surface area contributed by atoms with Gasteiger partial charge < -0.3 is 0 Å². The Morgan fingerprint density at radius 2 is 1.92 bits per heavy atom. The Morgan fingerprint density at radius 1 is 1.04 bits per heavy atom. The molecule has 0 aliphatic heterocycles. The van der Waals surface area contributed by atoms with E-state index in [1.165, 1.54) is 0 Å². The van der Waals surface area contributed by atoms with Crippen molar-refractivity contribution in [2.75, 3.05) is 0 Å². The van der Waals surface area contributed by atoms with E-state index in [9.17, 15) is 9.59 Å². The average Bonchev–Trinajstić information content (AvgIpc) is 3.04. The summed E-state index contributed by atoms with van der Waals surface area (Å²) in [6.45, 7) is 0. The molecule has 4 aromatic rings. The molecule has 10 heteroatoms. The lowest BCUT2D eigenvalue weighted by atomic mass is 10.4. The van der Waals surface area contributed by atoms with Crippen LogP contribution in [-0.4, -0.2) is 33.5 Å². The van der Waals surface area contributed by atoms with Gasteiger partial charge in [-0.25, -0.2) is 18.4 Å². The lowest BCUT2D eigenvalue weighted by molar-refractivity contribution is 0.719. The van der Waals surface area contributed by atoms with Crippen molar-refractivity contribution in [1.29, 1.82) is 0 Å². The summed E-state index contributed by atoms with van der Waals surface area (Å²) in [6, 6.07) is 6.98. The van der Waals surface area contributed by atoms with E-state index in [1.807, 2.05) is 6.07 Å². The second kappa shape index (κ2) is 5.42. The third-order valence-electron chi connectivity index (χ3n) is 3.33. The normalized spacial score (nSPS) is 11.0. The molecular formula is C14H9N7O2S. The first kappa shape index (κ1) is 14.3. The SMILES string of the molecule is O=c1cnn(-c2ccc3nn(-c4cccnc4)cc3n2)c(=O)n1S. The predicted octanol–water partition coefficient (Wildman–Crippen LogP) is 0.216. The van der Waals surface area contributed by atoms with E-state index >= 15 is 0 Å². The quantitative estimate of drug-likeness (QED) is 0.524. The van der Waals surface area contributed by atoms with E-state index in [0.29, 0.717) is 15.0 Å². The van der Waals surface area contributed by atoms with Crippen molar-refractivity contribution in [3.05, 3.63) is 69.9 Å². The zero-order valence-electron chi connectivity index (χ0n) is 12.0. The molecule has 4 heterocycles. The van der Waals surface area contributed by atoms with Crippen LogP contribution in [-0.2, 0) is 0 Å². The van der Waals surface area contributed by atoms with Crippen molar-refractivity contribution in [1.82, 2.24) is 33.5 Å². The third-order valence-corrected chi connectivity index (χ3v) is 3.70. The molecule has 4 rings (SSSR count). The van der Waals surface area contributed by atoms with Gasteiger partial charge in [0.15, 0.2) is 5.82 Å². The highest BCUT2D eigenvalue weighted by molar-refractivity contribution is 7.78. The molecule has 4 aromatic heterocycles. The van der Waals surface area contributed by atoms with Gasteiger partial charge in [0.25, 0.3) is 5.56 Å². The third kappa shape index (κ3) is 2.29. The Kier molecular flexibility index (Phi) is 3.24. The Bertz CT molecular complexity index is 1160. The number of fused-ring (bicyclic) bond motifs is 1. The van der Waals surface area contributed by atoms with Crippen LogP contribution in [0.25, 0.3) is 22.5 Å². The first-order valence-corrected chi connectivity index (χ1v) is 7.21. The number of pyridine rings is 2. The van der Waals surface area contributed by atoms with Crippen LogP contribution in [0.4, 0.5) is 0 Å². The van der Waals surface area contributed by atoms with Crippen LogP contribution in [0.2, 0.25) is 0 Å². The highest BCUT2D eigenvalue weighted by Crippen LogP contribution is 2.14. The second-order valence-corrected chi connectivity index (χ2v) is 5.25. The minimum Gasteiger partial charge on any atom is -0.266 e. The second-order valence-electron chi connectivity index (χ2n) is 4.85. The lowest BCUT2D eigenvalue weighted by Gasteiger charge is -2.03. The first-order valence-electron chi connectivity index (χ1n) is 6.81. The standard InChI is InChI=1S/C14H9N7O2S/c22-13-7-16-20(14(23)21(13)24)12-4-3-10-11(17-12)8-19(18-10)9-2-1-5-15-6-9/h1-8,24H. The Labute approximate surface area is 139 Å². The molecule has 0 radical (unpaired) electrons. The highest BCUT2D eigenvalue weighted by atomic mass is 32.1. The van der Waals surface area contributed by atoms with Crippen molar-refractivity contribution < 1.29 is 0 Å². The van der Waals surface area contributed by atoms with Gasteiger partial charge in [-0.3, -0.25) is 9.78 Å². The molecule has 0 fully saturated rings. The van der Waals surface area contributed by atoms with Crippen LogP contribution in [0.3, 0.4) is 0 Å². The Balaban J connectivity index is 1.86. The lowest BCUT2D eigenvalue weighted by Crippen LogP contribution is -2.36. The summed E-state index contributed by atoms with van der Waals surface area (Å²) < 4.78 is 3.30. The number of hydrogen-bond acceptors (Lipinski definition) is 7. The van der Waals surface area contributed by atoms with Crippen LogP contribution in [0.5, 0.6) is 0 Å². The maximum Gasteiger partial charge on any atom is 0.363 e. The van der Waals surface area contributed by atoms with Crippen molar-refractivity contribution in [2.24, 2.45) is 0 Å². The van der Waals surface area contributed by atoms with Crippen LogP contribution in [0.15, 0.2) is 58.6 Å². The summed E-state index contributed by atoms with van der Waals surface area (Å²) in [5.41, 5.74) is 0.704. The molecule has 0 saturated heterocycles. The first-order chi connectivity index (χ1) is 11.6. The summed E-state index contributed by atoms with van der Waals surface area (Å²) >= 11 is 3.84. The number of thiol groups is 1. The summed E-state index contributed by atoms with van der Waals surface area (Å²) in [6.07, 6.45) is 6.07. The van der Waals surface area contributed by atoms with Gasteiger partial charge in [0, 0.05) is 6.20 Å². The molecule has 0 unspecified atom stereocenters. The molecular weight excluding hydrogens is 330 g/mol. The van der Waals surface area contributed by atoms with Crippen LogP contribution >= 0.6 is 12.8 Å². The monoisotopic (exact) mass is 339 g/mol. The molecule has 0 atom stereocenters. The largest absolute Gasteiger partial charge is 0.363 e. The van der Waals surface area contributed by atoms with Gasteiger partial charge in [0.2, 0.25) is 0 Å². The molecule has 24 heavy (non-hydrogen) atoms. The van der Waals surface area contributed by atoms with E-state index in [1.54, 1.807) is 41.5 Å². The van der Waals surface area contributed by atoms with Crippen molar-refractivity contribution in [3.8, 4) is 11.5 Å². The molecule has 0 saturated carbocycles. The maximum absolute atomic E-state index is 12.1. The van der Waals surface area contributed by atoms with Crippen molar-refractivity contribution in [2.45, 2.75) is 0 Å². The molecule has 0 aromatic carbocycles. The van der Waals surface area contributed by atoms with Gasteiger partial charge in [0.1, 0.15) is 17.2 Å². The molecule has 0 N–H and O–H groups in total. The van der Waals surface area contributed by atoms with Crippen molar-refractivity contribution in [3.63, 3.8) is 0 Å². The highest BCUT2D eigenvalue weighted by Gasteiger charge is 2.10. The van der Waals surface area contributed by atoms with Crippen LogP contribution < -0.4 is 11.2 Å². The fraction of sp³-hybridized carbons (Fsp3) is 0. The van der Waals surface area contributed by atoms with E-state index < -0.39 is 11.2 Å². The molecule has 0 aliphatic carbocycles. The summed E-state index contributed by atoms with van der Waals surface area (Å²) in [5.74, 6) is 0.265. The van der Waals surface area contributed by atoms with Crippen molar-refractivity contribution >= 4 is 23.8 Å². The zero-order valence-corrected chi connectivity index (χ0v) is 12.9. The number of nitrogens with zero attached hydrogens (tertiary/aromatic N) is 7. The van der Waals surface area contributed by atoms with E-state index in [-0.39, 0.29) is 5.82 Å². The minimum absolute atomic E-state index is 0.265. The molecule has 118 valence electrons. The fourth-order valence-electron chi connectivity index (χ4n) is 2.19. The Morgan fingerprint density at radius 3 is 2.71 bits per heavy atom. The van der Waals surface area contributed by atoms with Gasteiger partial charge >= 0.3 is 5.69 Å². The summed E-state index contributed by atoms with van der Waals surface area (Å²) in [7, 11) is 0. The summed E-state index contributed by atoms with van der Waals surface area (Å²) in [4.78, 5) is 31.9. The molecule has 9 nitrogen and oxygen atoms in total. The van der Waals surface area contributed by atoms with E-state index in [4.69, 9.17) is 0 Å². The maximum atomic E-state index is 12.1. The molecule has 0 spiro atoms. The molecule has 0 aliphatic rings. The van der Waals surface area contributed by atoms with Gasteiger partial charge in [-0.2, -0.15) is 14.9 Å².